The fourth-order valence-electron chi connectivity index (χ4n) is 3.20. The molecule has 0 amide bonds. The second-order valence-electron chi connectivity index (χ2n) is 6.26. The number of halogens is 1. The third-order valence-corrected chi connectivity index (χ3v) is 4.74. The normalized spacial score (nSPS) is 11.3. The van der Waals surface area contributed by atoms with E-state index in [9.17, 15) is 4.79 Å². The molecule has 0 bridgehead atoms. The van der Waals surface area contributed by atoms with E-state index >= 15 is 0 Å². The van der Waals surface area contributed by atoms with Crippen molar-refractivity contribution < 1.29 is 0 Å². The average Bonchev–Trinajstić information content (AvgIpc) is 2.67. The smallest absolute Gasteiger partial charge is 0.261 e. The van der Waals surface area contributed by atoms with Gasteiger partial charge in [-0.1, -0.05) is 48.0 Å². The summed E-state index contributed by atoms with van der Waals surface area (Å²) in [6.07, 6.45) is 0.703. The molecule has 1 aromatic heterocycles. The third-order valence-electron chi connectivity index (χ3n) is 4.51. The minimum atomic E-state index is -0.0888. The summed E-state index contributed by atoms with van der Waals surface area (Å²) >= 11 is 6.07. The first kappa shape index (κ1) is 16.8. The van der Waals surface area contributed by atoms with Crippen LogP contribution >= 0.6 is 11.6 Å². The van der Waals surface area contributed by atoms with Gasteiger partial charge in [-0.05, 0) is 48.0 Å². The molecule has 2 N–H and O–H groups in total. The Labute approximate surface area is 155 Å². The molecule has 1 heterocycles. The van der Waals surface area contributed by atoms with E-state index in [1.54, 1.807) is 22.8 Å². The van der Waals surface area contributed by atoms with Gasteiger partial charge in [-0.15, -0.1) is 0 Å². The summed E-state index contributed by atoms with van der Waals surface area (Å²) < 4.78 is 1.70. The van der Waals surface area contributed by atoms with Crippen LogP contribution in [0.25, 0.3) is 33.1 Å². The molecule has 0 fully saturated rings. The first-order chi connectivity index (χ1) is 12.7. The monoisotopic (exact) mass is 363 g/mol. The van der Waals surface area contributed by atoms with E-state index in [0.717, 1.165) is 16.3 Å². The lowest BCUT2D eigenvalue weighted by atomic mass is 10.1. The maximum absolute atomic E-state index is 13.1. The van der Waals surface area contributed by atoms with Crippen LogP contribution in [0.15, 0.2) is 65.5 Å². The van der Waals surface area contributed by atoms with Gasteiger partial charge >= 0.3 is 0 Å². The third kappa shape index (κ3) is 2.98. The summed E-state index contributed by atoms with van der Waals surface area (Å²) in [6, 6.07) is 19.5. The zero-order valence-electron chi connectivity index (χ0n) is 14.2. The highest BCUT2D eigenvalue weighted by molar-refractivity contribution is 6.31. The minimum absolute atomic E-state index is 0.0888. The zero-order valence-corrected chi connectivity index (χ0v) is 14.9. The van der Waals surface area contributed by atoms with Gasteiger partial charge in [0.05, 0.1) is 10.9 Å². The Bertz CT molecular complexity index is 1170. The zero-order chi connectivity index (χ0) is 18.1. The summed E-state index contributed by atoms with van der Waals surface area (Å²) in [5.74, 6) is 0.657. The van der Waals surface area contributed by atoms with Gasteiger partial charge in [0.1, 0.15) is 5.82 Å². The van der Waals surface area contributed by atoms with Crippen molar-refractivity contribution in [1.82, 2.24) is 9.55 Å². The molecule has 0 saturated heterocycles. The van der Waals surface area contributed by atoms with Crippen LogP contribution in [0.1, 0.15) is 6.42 Å². The van der Waals surface area contributed by atoms with Crippen LogP contribution in [0.4, 0.5) is 0 Å². The van der Waals surface area contributed by atoms with E-state index in [0.29, 0.717) is 41.3 Å². The van der Waals surface area contributed by atoms with Gasteiger partial charge in [-0.2, -0.15) is 0 Å². The Morgan fingerprint density at radius 1 is 1.00 bits per heavy atom. The molecule has 0 atom stereocenters. The predicted octanol–water partition coefficient (Wildman–Crippen LogP) is 4.22. The van der Waals surface area contributed by atoms with Crippen LogP contribution in [0.3, 0.4) is 0 Å². The van der Waals surface area contributed by atoms with Gasteiger partial charge in [0.2, 0.25) is 0 Å². The first-order valence-corrected chi connectivity index (χ1v) is 8.94. The molecule has 0 aliphatic carbocycles. The second kappa shape index (κ2) is 6.90. The molecule has 0 unspecified atom stereocenters. The highest BCUT2D eigenvalue weighted by Crippen LogP contribution is 2.25. The molecule has 4 nitrogen and oxygen atoms in total. The van der Waals surface area contributed by atoms with Crippen molar-refractivity contribution in [3.05, 3.63) is 76.0 Å². The Morgan fingerprint density at radius 2 is 1.81 bits per heavy atom. The molecule has 3 aromatic carbocycles. The first-order valence-electron chi connectivity index (χ1n) is 8.57. The van der Waals surface area contributed by atoms with Gasteiger partial charge in [-0.3, -0.25) is 9.36 Å². The molecule has 26 heavy (non-hydrogen) atoms. The lowest BCUT2D eigenvalue weighted by Gasteiger charge is -2.14. The molecular weight excluding hydrogens is 346 g/mol. The second-order valence-corrected chi connectivity index (χ2v) is 6.69. The molecular formula is C21H18ClN3O. The summed E-state index contributed by atoms with van der Waals surface area (Å²) in [6.45, 7) is 1.03. The molecule has 4 aromatic rings. The van der Waals surface area contributed by atoms with E-state index in [1.807, 2.05) is 18.2 Å². The molecule has 0 aliphatic heterocycles. The average molecular weight is 364 g/mol. The Morgan fingerprint density at radius 3 is 2.62 bits per heavy atom. The Balaban J connectivity index is 1.99. The highest BCUT2D eigenvalue weighted by atomic mass is 35.5. The van der Waals surface area contributed by atoms with Crippen molar-refractivity contribution in [2.24, 2.45) is 5.73 Å². The van der Waals surface area contributed by atoms with Gasteiger partial charge in [0, 0.05) is 17.1 Å². The molecule has 0 spiro atoms. The topological polar surface area (TPSA) is 60.9 Å². The standard InChI is InChI=1S/C21H18ClN3O/c22-17-8-9-19-18(13-17)21(26)25(11-3-10-23)20(24-19)16-7-6-14-4-1-2-5-15(14)12-16/h1-2,4-9,12-13H,3,10-11,23H2. The fraction of sp³-hybridized carbons (Fsp3) is 0.143. The largest absolute Gasteiger partial charge is 0.330 e. The maximum atomic E-state index is 13.1. The molecule has 4 rings (SSSR count). The van der Waals surface area contributed by atoms with Crippen molar-refractivity contribution in [2.45, 2.75) is 13.0 Å². The lowest BCUT2D eigenvalue weighted by molar-refractivity contribution is 0.632. The molecule has 0 radical (unpaired) electrons. The number of benzene rings is 3. The van der Waals surface area contributed by atoms with Crippen molar-refractivity contribution >= 4 is 33.3 Å². The summed E-state index contributed by atoms with van der Waals surface area (Å²) in [4.78, 5) is 17.8. The minimum Gasteiger partial charge on any atom is -0.330 e. The van der Waals surface area contributed by atoms with Crippen LogP contribution in [-0.2, 0) is 6.54 Å². The summed E-state index contributed by atoms with van der Waals surface area (Å²) in [5.41, 5.74) is 7.14. The van der Waals surface area contributed by atoms with Crippen molar-refractivity contribution in [3.8, 4) is 11.4 Å². The van der Waals surface area contributed by atoms with Crippen LogP contribution < -0.4 is 11.3 Å². The number of nitrogens with zero attached hydrogens (tertiary/aromatic N) is 2. The van der Waals surface area contributed by atoms with E-state index in [-0.39, 0.29) is 5.56 Å². The Hall–Kier alpha value is -2.69. The SMILES string of the molecule is NCCCn1c(-c2ccc3ccccc3c2)nc2ccc(Cl)cc2c1=O. The van der Waals surface area contributed by atoms with Crippen molar-refractivity contribution in [1.29, 1.82) is 0 Å². The summed E-state index contributed by atoms with van der Waals surface area (Å²) in [7, 11) is 0. The van der Waals surface area contributed by atoms with Gasteiger partial charge in [0.15, 0.2) is 0 Å². The van der Waals surface area contributed by atoms with Crippen LogP contribution in [-0.4, -0.2) is 16.1 Å². The van der Waals surface area contributed by atoms with Gasteiger partial charge in [-0.25, -0.2) is 4.98 Å². The summed E-state index contributed by atoms with van der Waals surface area (Å²) in [5, 5.41) is 3.32. The number of nitrogens with two attached hydrogens (primary N) is 1. The van der Waals surface area contributed by atoms with Gasteiger partial charge < -0.3 is 5.73 Å². The van der Waals surface area contributed by atoms with E-state index in [2.05, 4.69) is 24.3 Å². The molecule has 0 saturated carbocycles. The molecule has 0 aliphatic rings. The number of hydrogen-bond donors (Lipinski definition) is 1. The number of rotatable bonds is 4. The lowest BCUT2D eigenvalue weighted by Crippen LogP contribution is -2.24. The predicted molar refractivity (Wildman–Crippen MR) is 108 cm³/mol. The van der Waals surface area contributed by atoms with E-state index < -0.39 is 0 Å². The maximum Gasteiger partial charge on any atom is 0.261 e. The van der Waals surface area contributed by atoms with Crippen LogP contribution in [0.2, 0.25) is 5.02 Å². The number of fused-ring (bicyclic) bond motifs is 2. The Kier molecular flexibility index (Phi) is 4.45. The quantitative estimate of drug-likeness (QED) is 0.590. The van der Waals surface area contributed by atoms with Crippen LogP contribution in [0, 0.1) is 0 Å². The number of hydrogen-bond acceptors (Lipinski definition) is 3. The van der Waals surface area contributed by atoms with Crippen molar-refractivity contribution in [3.63, 3.8) is 0 Å². The van der Waals surface area contributed by atoms with Crippen LogP contribution in [0.5, 0.6) is 0 Å². The van der Waals surface area contributed by atoms with E-state index in [1.165, 1.54) is 0 Å². The molecule has 130 valence electrons. The molecule has 5 heteroatoms. The fourth-order valence-corrected chi connectivity index (χ4v) is 3.37. The highest BCUT2D eigenvalue weighted by Gasteiger charge is 2.13. The van der Waals surface area contributed by atoms with Gasteiger partial charge in [0.25, 0.3) is 5.56 Å². The van der Waals surface area contributed by atoms with Crippen molar-refractivity contribution in [2.75, 3.05) is 6.54 Å². The van der Waals surface area contributed by atoms with E-state index in [4.69, 9.17) is 22.3 Å². The number of aromatic nitrogens is 2.